The number of ether oxygens (including phenoxy) is 1. The van der Waals surface area contributed by atoms with Crippen LogP contribution in [-0.4, -0.2) is 42.3 Å². The summed E-state index contributed by atoms with van der Waals surface area (Å²) in [6.07, 6.45) is 2.35. The van der Waals surface area contributed by atoms with Crippen LogP contribution in [0.3, 0.4) is 0 Å². The lowest BCUT2D eigenvalue weighted by molar-refractivity contribution is -0.134. The second-order valence-corrected chi connectivity index (χ2v) is 6.36. The molecule has 0 unspecified atom stereocenters. The molecule has 22 heavy (non-hydrogen) atoms. The molecule has 1 aromatic rings. The van der Waals surface area contributed by atoms with Crippen LogP contribution in [0.2, 0.25) is 10.0 Å². The Balaban J connectivity index is 1.98. The van der Waals surface area contributed by atoms with E-state index in [2.05, 4.69) is 0 Å². The summed E-state index contributed by atoms with van der Waals surface area (Å²) in [6.45, 7) is 2.15. The average Bonchev–Trinajstić information content (AvgIpc) is 2.51. The summed E-state index contributed by atoms with van der Waals surface area (Å²) in [5.41, 5.74) is 0.906. The van der Waals surface area contributed by atoms with Crippen LogP contribution >= 0.6 is 23.2 Å². The molecule has 1 aliphatic heterocycles. The van der Waals surface area contributed by atoms with Crippen LogP contribution in [0.25, 0.3) is 0 Å². The highest BCUT2D eigenvalue weighted by atomic mass is 35.5. The van der Waals surface area contributed by atoms with Gasteiger partial charge in [0.15, 0.2) is 0 Å². The number of aliphatic hydroxyl groups excluding tert-OH is 1. The Bertz CT molecular complexity index is 504. The molecule has 1 saturated heterocycles. The Morgan fingerprint density at radius 1 is 1.27 bits per heavy atom. The number of nitrogens with zero attached hydrogens (tertiary/aromatic N) is 1. The van der Waals surface area contributed by atoms with Gasteiger partial charge >= 0.3 is 0 Å². The minimum absolute atomic E-state index is 0.0547. The summed E-state index contributed by atoms with van der Waals surface area (Å²) >= 11 is 11.9. The van der Waals surface area contributed by atoms with Gasteiger partial charge in [0, 0.05) is 32.7 Å². The van der Waals surface area contributed by atoms with Gasteiger partial charge in [0.25, 0.3) is 0 Å². The van der Waals surface area contributed by atoms with Gasteiger partial charge in [0.1, 0.15) is 0 Å². The van der Waals surface area contributed by atoms with E-state index in [4.69, 9.17) is 27.9 Å². The summed E-state index contributed by atoms with van der Waals surface area (Å²) in [6, 6.07) is 5.33. The lowest BCUT2D eigenvalue weighted by Gasteiger charge is -2.26. The number of carbonyl (C=O) groups is 1. The zero-order chi connectivity index (χ0) is 15.9. The minimum atomic E-state index is -0.0547. The summed E-state index contributed by atoms with van der Waals surface area (Å²) in [7, 11) is 0. The van der Waals surface area contributed by atoms with Crippen LogP contribution in [0.1, 0.15) is 24.8 Å². The molecular formula is C16H21Cl2NO3. The number of amides is 1. The van der Waals surface area contributed by atoms with E-state index in [-0.39, 0.29) is 12.5 Å². The van der Waals surface area contributed by atoms with Gasteiger partial charge in [0.2, 0.25) is 5.91 Å². The maximum atomic E-state index is 12.5. The fraction of sp³-hybridized carbons (Fsp3) is 0.562. The van der Waals surface area contributed by atoms with Gasteiger partial charge in [-0.25, -0.2) is 0 Å². The molecule has 1 aromatic carbocycles. The Morgan fingerprint density at radius 2 is 2.00 bits per heavy atom. The zero-order valence-corrected chi connectivity index (χ0v) is 13.9. The standard InChI is InChI=1S/C16H21Cl2NO3/c17-14-2-1-13(9-15(14)18)11-19(5-6-20)16(21)10-12-3-7-22-8-4-12/h1-2,9,12,20H,3-8,10-11H2. The molecule has 0 saturated carbocycles. The summed E-state index contributed by atoms with van der Waals surface area (Å²) in [5, 5.41) is 10.2. The SMILES string of the molecule is O=C(CC1CCOCC1)N(CCO)Cc1ccc(Cl)c(Cl)c1. The Labute approximate surface area is 141 Å². The first-order valence-corrected chi connectivity index (χ1v) is 8.26. The number of aliphatic hydroxyl groups is 1. The van der Waals surface area contributed by atoms with Gasteiger partial charge in [-0.15, -0.1) is 0 Å². The second-order valence-electron chi connectivity index (χ2n) is 5.55. The van der Waals surface area contributed by atoms with Crippen molar-refractivity contribution in [3.8, 4) is 0 Å². The van der Waals surface area contributed by atoms with Crippen molar-refractivity contribution in [3.63, 3.8) is 0 Å². The molecule has 1 heterocycles. The summed E-state index contributed by atoms with van der Waals surface area (Å²) < 4.78 is 5.32. The number of hydrogen-bond donors (Lipinski definition) is 1. The molecule has 1 N–H and O–H groups in total. The average molecular weight is 346 g/mol. The molecule has 0 aliphatic carbocycles. The van der Waals surface area contributed by atoms with E-state index in [1.165, 1.54) is 0 Å². The van der Waals surface area contributed by atoms with Gasteiger partial charge in [-0.3, -0.25) is 4.79 Å². The predicted octanol–water partition coefficient (Wildman–Crippen LogP) is 3.13. The third kappa shape index (κ3) is 5.13. The van der Waals surface area contributed by atoms with Crippen LogP contribution in [0, 0.1) is 5.92 Å². The monoisotopic (exact) mass is 345 g/mol. The van der Waals surface area contributed by atoms with E-state index in [9.17, 15) is 9.90 Å². The number of hydrogen-bond acceptors (Lipinski definition) is 3. The Kier molecular flexibility index (Phi) is 6.96. The maximum absolute atomic E-state index is 12.5. The van der Waals surface area contributed by atoms with Crippen LogP contribution in [0.15, 0.2) is 18.2 Å². The molecule has 0 aromatic heterocycles. The first-order chi connectivity index (χ1) is 10.6. The van der Waals surface area contributed by atoms with Gasteiger partial charge in [0.05, 0.1) is 16.7 Å². The minimum Gasteiger partial charge on any atom is -0.395 e. The van der Waals surface area contributed by atoms with E-state index in [0.29, 0.717) is 35.5 Å². The predicted molar refractivity (Wildman–Crippen MR) is 87.1 cm³/mol. The summed E-state index contributed by atoms with van der Waals surface area (Å²) in [4.78, 5) is 14.1. The number of halogens is 2. The molecule has 122 valence electrons. The molecule has 4 nitrogen and oxygen atoms in total. The normalized spacial score (nSPS) is 15.8. The Morgan fingerprint density at radius 3 is 2.64 bits per heavy atom. The molecule has 0 spiro atoms. The molecule has 0 radical (unpaired) electrons. The molecule has 1 fully saturated rings. The van der Waals surface area contributed by atoms with Gasteiger partial charge in [-0.05, 0) is 36.5 Å². The lowest BCUT2D eigenvalue weighted by atomic mass is 9.96. The molecule has 2 rings (SSSR count). The number of benzene rings is 1. The fourth-order valence-corrected chi connectivity index (χ4v) is 2.92. The van der Waals surface area contributed by atoms with Crippen LogP contribution in [-0.2, 0) is 16.1 Å². The fourth-order valence-electron chi connectivity index (χ4n) is 2.60. The quantitative estimate of drug-likeness (QED) is 0.861. The highest BCUT2D eigenvalue weighted by Crippen LogP contribution is 2.24. The lowest BCUT2D eigenvalue weighted by Crippen LogP contribution is -2.35. The summed E-state index contributed by atoms with van der Waals surface area (Å²) in [5.74, 6) is 0.434. The zero-order valence-electron chi connectivity index (χ0n) is 12.4. The van der Waals surface area contributed by atoms with Crippen LogP contribution in [0.5, 0.6) is 0 Å². The topological polar surface area (TPSA) is 49.8 Å². The van der Waals surface area contributed by atoms with E-state index in [1.54, 1.807) is 17.0 Å². The van der Waals surface area contributed by atoms with Crippen molar-refractivity contribution in [3.05, 3.63) is 33.8 Å². The largest absolute Gasteiger partial charge is 0.395 e. The van der Waals surface area contributed by atoms with Crippen molar-refractivity contribution in [2.45, 2.75) is 25.8 Å². The first kappa shape index (κ1) is 17.5. The van der Waals surface area contributed by atoms with Crippen molar-refractivity contribution in [2.75, 3.05) is 26.4 Å². The highest BCUT2D eigenvalue weighted by molar-refractivity contribution is 6.42. The third-order valence-corrected chi connectivity index (χ3v) is 4.62. The molecule has 0 atom stereocenters. The third-order valence-electron chi connectivity index (χ3n) is 3.88. The molecule has 6 heteroatoms. The smallest absolute Gasteiger partial charge is 0.223 e. The van der Waals surface area contributed by atoms with Crippen LogP contribution in [0.4, 0.5) is 0 Å². The van der Waals surface area contributed by atoms with E-state index >= 15 is 0 Å². The van der Waals surface area contributed by atoms with Gasteiger partial charge in [-0.1, -0.05) is 29.3 Å². The van der Waals surface area contributed by atoms with E-state index < -0.39 is 0 Å². The molecule has 1 amide bonds. The first-order valence-electron chi connectivity index (χ1n) is 7.50. The van der Waals surface area contributed by atoms with Gasteiger partial charge < -0.3 is 14.7 Å². The molecular weight excluding hydrogens is 325 g/mol. The van der Waals surface area contributed by atoms with E-state index in [1.807, 2.05) is 6.07 Å². The second kappa shape index (κ2) is 8.73. The van der Waals surface area contributed by atoms with Crippen molar-refractivity contribution < 1.29 is 14.6 Å². The van der Waals surface area contributed by atoms with Crippen molar-refractivity contribution >= 4 is 29.1 Å². The number of carbonyl (C=O) groups excluding carboxylic acids is 1. The van der Waals surface area contributed by atoms with Crippen molar-refractivity contribution in [2.24, 2.45) is 5.92 Å². The van der Waals surface area contributed by atoms with Crippen LogP contribution < -0.4 is 0 Å². The highest BCUT2D eigenvalue weighted by Gasteiger charge is 2.21. The Hall–Kier alpha value is -0.810. The van der Waals surface area contributed by atoms with Crippen molar-refractivity contribution in [1.29, 1.82) is 0 Å². The van der Waals surface area contributed by atoms with Crippen molar-refractivity contribution in [1.82, 2.24) is 4.90 Å². The van der Waals surface area contributed by atoms with Gasteiger partial charge in [-0.2, -0.15) is 0 Å². The number of rotatable bonds is 6. The van der Waals surface area contributed by atoms with E-state index in [0.717, 1.165) is 31.6 Å². The molecule has 1 aliphatic rings. The maximum Gasteiger partial charge on any atom is 0.223 e. The molecule has 0 bridgehead atoms.